The third-order valence-electron chi connectivity index (χ3n) is 5.30. The van der Waals surface area contributed by atoms with Crippen LogP contribution in [0.1, 0.15) is 35.3 Å². The molecule has 0 saturated carbocycles. The first-order valence-electron chi connectivity index (χ1n) is 10.6. The average Bonchev–Trinajstić information content (AvgIpc) is 2.80. The number of nitrogens with zero attached hydrogens (tertiary/aromatic N) is 4. The number of rotatable bonds is 6. The fraction of sp³-hybridized carbons (Fsp3) is 0.261. The lowest BCUT2D eigenvalue weighted by Gasteiger charge is -2.27. The van der Waals surface area contributed by atoms with Crippen LogP contribution < -0.4 is 15.5 Å². The highest BCUT2D eigenvalue weighted by molar-refractivity contribution is 6.34. The number of nitro groups is 1. The summed E-state index contributed by atoms with van der Waals surface area (Å²) in [6, 6.07) is 12.8. The van der Waals surface area contributed by atoms with Crippen LogP contribution in [0, 0.1) is 17.0 Å². The maximum absolute atomic E-state index is 12.5. The van der Waals surface area contributed by atoms with Gasteiger partial charge in [0, 0.05) is 48.4 Å². The molecule has 0 radical (unpaired) electrons. The number of non-ortho nitro benzene ring substituents is 1. The van der Waals surface area contributed by atoms with Crippen molar-refractivity contribution in [3.63, 3.8) is 0 Å². The van der Waals surface area contributed by atoms with Gasteiger partial charge in [-0.05, 0) is 56.5 Å². The highest BCUT2D eigenvalue weighted by atomic mass is 35.5. The standard InChI is InChI=1S/C23H23ClN6O3/c1-15-13-21(28-23(25-15)29-11-3-2-4-12-29)26-16-5-7-17(8-6-16)27-22(31)19-10-9-18(30(32)33)14-20(19)24/h5-10,13-14H,2-4,11-12H2,1H3,(H,27,31)(H,25,26,28). The van der Waals surface area contributed by atoms with Gasteiger partial charge in [-0.25, -0.2) is 4.98 Å². The number of hydrogen-bond donors (Lipinski definition) is 2. The number of benzene rings is 2. The Morgan fingerprint density at radius 2 is 1.73 bits per heavy atom. The van der Waals surface area contributed by atoms with Crippen molar-refractivity contribution in [3.8, 4) is 0 Å². The molecular formula is C23H23ClN6O3. The minimum absolute atomic E-state index is 0.0172. The number of amides is 1. The lowest BCUT2D eigenvalue weighted by atomic mass is 10.1. The predicted molar refractivity (Wildman–Crippen MR) is 129 cm³/mol. The molecule has 33 heavy (non-hydrogen) atoms. The monoisotopic (exact) mass is 466 g/mol. The van der Waals surface area contributed by atoms with Crippen molar-refractivity contribution in [3.05, 3.63) is 74.9 Å². The van der Waals surface area contributed by atoms with E-state index in [0.29, 0.717) is 11.5 Å². The molecule has 0 atom stereocenters. The maximum atomic E-state index is 12.5. The maximum Gasteiger partial charge on any atom is 0.270 e. The van der Waals surface area contributed by atoms with Crippen LogP contribution in [0.5, 0.6) is 0 Å². The number of anilines is 4. The molecule has 0 unspecified atom stereocenters. The second kappa shape index (κ2) is 9.83. The number of aromatic nitrogens is 2. The zero-order chi connectivity index (χ0) is 23.4. The molecule has 1 aromatic heterocycles. The molecule has 10 heteroatoms. The normalized spacial score (nSPS) is 13.5. The van der Waals surface area contributed by atoms with E-state index >= 15 is 0 Å². The lowest BCUT2D eigenvalue weighted by molar-refractivity contribution is -0.384. The third-order valence-corrected chi connectivity index (χ3v) is 5.62. The number of hydrogen-bond acceptors (Lipinski definition) is 7. The Hall–Kier alpha value is -3.72. The molecule has 2 N–H and O–H groups in total. The summed E-state index contributed by atoms with van der Waals surface area (Å²) in [6.07, 6.45) is 3.55. The number of nitrogens with one attached hydrogen (secondary N) is 2. The molecule has 3 aromatic rings. The second-order valence-corrected chi connectivity index (χ2v) is 8.23. The number of piperidine rings is 1. The highest BCUT2D eigenvalue weighted by Crippen LogP contribution is 2.25. The van der Waals surface area contributed by atoms with E-state index in [1.54, 1.807) is 12.1 Å². The van der Waals surface area contributed by atoms with Crippen molar-refractivity contribution < 1.29 is 9.72 Å². The van der Waals surface area contributed by atoms with E-state index in [0.717, 1.165) is 49.3 Å². The molecule has 1 fully saturated rings. The zero-order valence-corrected chi connectivity index (χ0v) is 18.8. The van der Waals surface area contributed by atoms with Gasteiger partial charge in [0.25, 0.3) is 11.6 Å². The van der Waals surface area contributed by atoms with Crippen molar-refractivity contribution in [1.29, 1.82) is 0 Å². The van der Waals surface area contributed by atoms with Gasteiger partial charge < -0.3 is 15.5 Å². The van der Waals surface area contributed by atoms with E-state index < -0.39 is 10.8 Å². The van der Waals surface area contributed by atoms with Crippen LogP contribution in [0.4, 0.5) is 28.8 Å². The van der Waals surface area contributed by atoms with Crippen LogP contribution in [0.2, 0.25) is 5.02 Å². The van der Waals surface area contributed by atoms with Crippen LogP contribution in [0.15, 0.2) is 48.5 Å². The molecule has 9 nitrogen and oxygen atoms in total. The smallest absolute Gasteiger partial charge is 0.270 e. The van der Waals surface area contributed by atoms with E-state index in [4.69, 9.17) is 11.6 Å². The first-order chi connectivity index (χ1) is 15.9. The first-order valence-corrected chi connectivity index (χ1v) is 11.0. The molecule has 1 amide bonds. The van der Waals surface area contributed by atoms with Crippen LogP contribution in [0.3, 0.4) is 0 Å². The van der Waals surface area contributed by atoms with Gasteiger partial charge in [0.2, 0.25) is 5.95 Å². The Morgan fingerprint density at radius 3 is 2.39 bits per heavy atom. The summed E-state index contributed by atoms with van der Waals surface area (Å²) in [7, 11) is 0. The summed E-state index contributed by atoms with van der Waals surface area (Å²) in [4.78, 5) is 34.2. The van der Waals surface area contributed by atoms with Crippen molar-refractivity contribution in [2.75, 3.05) is 28.6 Å². The van der Waals surface area contributed by atoms with Crippen LogP contribution in [0.25, 0.3) is 0 Å². The van der Waals surface area contributed by atoms with Crippen molar-refractivity contribution in [2.24, 2.45) is 0 Å². The number of carbonyl (C=O) groups excluding carboxylic acids is 1. The van der Waals surface area contributed by atoms with Gasteiger partial charge in [-0.2, -0.15) is 4.98 Å². The minimum Gasteiger partial charge on any atom is -0.341 e. The van der Waals surface area contributed by atoms with Crippen LogP contribution in [-0.4, -0.2) is 33.9 Å². The van der Waals surface area contributed by atoms with Crippen molar-refractivity contribution >= 4 is 46.3 Å². The molecule has 1 saturated heterocycles. The number of aryl methyl sites for hydroxylation is 1. The molecule has 0 aliphatic carbocycles. The van der Waals surface area contributed by atoms with Gasteiger partial charge in [-0.1, -0.05) is 11.6 Å². The quantitative estimate of drug-likeness (QED) is 0.372. The molecule has 1 aliphatic rings. The summed E-state index contributed by atoms with van der Waals surface area (Å²) in [5, 5.41) is 16.9. The van der Waals surface area contributed by atoms with Gasteiger partial charge in [0.05, 0.1) is 15.5 Å². The summed E-state index contributed by atoms with van der Waals surface area (Å²) in [5.74, 6) is 0.992. The number of carbonyl (C=O) groups is 1. The zero-order valence-electron chi connectivity index (χ0n) is 18.0. The Kier molecular flexibility index (Phi) is 6.69. The molecule has 4 rings (SSSR count). The van der Waals surface area contributed by atoms with Gasteiger partial charge in [-0.3, -0.25) is 14.9 Å². The Labute approximate surface area is 196 Å². The van der Waals surface area contributed by atoms with Gasteiger partial charge in [-0.15, -0.1) is 0 Å². The fourth-order valence-electron chi connectivity index (χ4n) is 3.64. The van der Waals surface area contributed by atoms with E-state index in [9.17, 15) is 14.9 Å². The van der Waals surface area contributed by atoms with Gasteiger partial charge in [0.1, 0.15) is 5.82 Å². The number of nitro benzene ring substituents is 1. The highest BCUT2D eigenvalue weighted by Gasteiger charge is 2.16. The van der Waals surface area contributed by atoms with Crippen LogP contribution >= 0.6 is 11.6 Å². The van der Waals surface area contributed by atoms with Crippen molar-refractivity contribution in [2.45, 2.75) is 26.2 Å². The summed E-state index contributed by atoms with van der Waals surface area (Å²) < 4.78 is 0. The second-order valence-electron chi connectivity index (χ2n) is 7.82. The topological polar surface area (TPSA) is 113 Å². The minimum atomic E-state index is -0.562. The summed E-state index contributed by atoms with van der Waals surface area (Å²) in [6.45, 7) is 3.88. The molecule has 0 bridgehead atoms. The average molecular weight is 467 g/mol. The van der Waals surface area contributed by atoms with Gasteiger partial charge >= 0.3 is 0 Å². The first kappa shape index (κ1) is 22.5. The Bertz CT molecular complexity index is 1180. The molecule has 170 valence electrons. The largest absolute Gasteiger partial charge is 0.341 e. The van der Waals surface area contributed by atoms with E-state index in [1.807, 2.05) is 25.1 Å². The third kappa shape index (κ3) is 5.56. The summed E-state index contributed by atoms with van der Waals surface area (Å²) >= 11 is 6.04. The summed E-state index contributed by atoms with van der Waals surface area (Å²) in [5.41, 5.74) is 2.25. The van der Waals surface area contributed by atoms with Crippen molar-refractivity contribution in [1.82, 2.24) is 9.97 Å². The predicted octanol–water partition coefficient (Wildman–Crippen LogP) is 5.33. The molecule has 2 aromatic carbocycles. The number of halogens is 1. The Balaban J connectivity index is 1.43. The molecular weight excluding hydrogens is 444 g/mol. The fourth-order valence-corrected chi connectivity index (χ4v) is 3.90. The SMILES string of the molecule is Cc1cc(Nc2ccc(NC(=O)c3ccc([N+](=O)[O-])cc3Cl)cc2)nc(N2CCCCC2)n1. The van der Waals surface area contributed by atoms with E-state index in [2.05, 4.69) is 25.5 Å². The molecule has 0 spiro atoms. The lowest BCUT2D eigenvalue weighted by Crippen LogP contribution is -2.31. The van der Waals surface area contributed by atoms with E-state index in [1.165, 1.54) is 18.6 Å². The molecule has 1 aliphatic heterocycles. The van der Waals surface area contributed by atoms with E-state index in [-0.39, 0.29) is 16.3 Å². The van der Waals surface area contributed by atoms with Crippen LogP contribution in [-0.2, 0) is 0 Å². The molecule has 2 heterocycles. The van der Waals surface area contributed by atoms with Gasteiger partial charge in [0.15, 0.2) is 0 Å². The Morgan fingerprint density at radius 1 is 1.03 bits per heavy atom.